The van der Waals surface area contributed by atoms with Crippen LogP contribution in [0, 0.1) is 17.7 Å². The Morgan fingerprint density at radius 1 is 0.967 bits per heavy atom. The van der Waals surface area contributed by atoms with Crippen LogP contribution in [0.15, 0.2) is 78.0 Å². The van der Waals surface area contributed by atoms with Gasteiger partial charge in [0.05, 0.1) is 28.4 Å². The van der Waals surface area contributed by atoms with E-state index in [1.54, 1.807) is 46.9 Å². The molecule has 144 valence electrons. The van der Waals surface area contributed by atoms with Gasteiger partial charge in [-0.25, -0.2) is 9.18 Å². The Kier molecular flexibility index (Phi) is 4.15. The zero-order valence-electron chi connectivity index (χ0n) is 16.0. The summed E-state index contributed by atoms with van der Waals surface area (Å²) in [5.41, 5.74) is 4.12. The molecule has 0 saturated carbocycles. The van der Waals surface area contributed by atoms with Crippen LogP contribution in [0.1, 0.15) is 11.1 Å². The van der Waals surface area contributed by atoms with E-state index in [1.807, 2.05) is 30.3 Å². The van der Waals surface area contributed by atoms with E-state index in [0.29, 0.717) is 16.7 Å². The molecule has 30 heavy (non-hydrogen) atoms. The second kappa shape index (κ2) is 6.98. The highest BCUT2D eigenvalue weighted by molar-refractivity contribution is 6.03. The highest BCUT2D eigenvalue weighted by Gasteiger charge is 2.16. The van der Waals surface area contributed by atoms with Crippen LogP contribution in [0.5, 0.6) is 0 Å². The van der Waals surface area contributed by atoms with Crippen LogP contribution in [0.4, 0.5) is 4.39 Å². The quantitative estimate of drug-likeness (QED) is 0.406. The van der Waals surface area contributed by atoms with E-state index < -0.39 is 0 Å². The predicted molar refractivity (Wildman–Crippen MR) is 114 cm³/mol. The van der Waals surface area contributed by atoms with Crippen molar-refractivity contribution in [3.63, 3.8) is 0 Å². The van der Waals surface area contributed by atoms with Gasteiger partial charge in [0, 0.05) is 36.0 Å². The average molecular weight is 394 g/mol. The first-order chi connectivity index (χ1) is 14.6. The molecule has 0 radical (unpaired) electrons. The summed E-state index contributed by atoms with van der Waals surface area (Å²) in [7, 11) is 1.70. The number of hydrogen-bond acceptors (Lipinski definition) is 3. The second-order valence-electron chi connectivity index (χ2n) is 6.87. The zero-order chi connectivity index (χ0) is 20.7. The molecular weight excluding hydrogens is 379 g/mol. The van der Waals surface area contributed by atoms with Gasteiger partial charge in [-0.15, -0.1) is 0 Å². The van der Waals surface area contributed by atoms with Gasteiger partial charge in [0.2, 0.25) is 0 Å². The van der Waals surface area contributed by atoms with Crippen molar-refractivity contribution in [1.82, 2.24) is 19.1 Å². The summed E-state index contributed by atoms with van der Waals surface area (Å²) in [6.45, 7) is 0. The van der Waals surface area contributed by atoms with Gasteiger partial charge in [-0.05, 0) is 54.6 Å². The molecule has 0 aliphatic rings. The van der Waals surface area contributed by atoms with Crippen LogP contribution in [0.2, 0.25) is 0 Å². The Bertz CT molecular complexity index is 1520. The third-order valence-electron chi connectivity index (χ3n) is 4.98. The third-order valence-corrected chi connectivity index (χ3v) is 4.98. The van der Waals surface area contributed by atoms with E-state index in [0.717, 1.165) is 22.0 Å². The number of rotatable bonds is 1. The maximum Gasteiger partial charge on any atom is 0.333 e. The first-order valence-corrected chi connectivity index (χ1v) is 9.30. The fourth-order valence-electron chi connectivity index (χ4n) is 3.49. The molecule has 0 fully saturated rings. The number of hydrogen-bond donors (Lipinski definition) is 0. The molecule has 0 spiro atoms. The molecule has 0 amide bonds. The van der Waals surface area contributed by atoms with Crippen molar-refractivity contribution >= 4 is 21.9 Å². The summed E-state index contributed by atoms with van der Waals surface area (Å²) in [6.07, 6.45) is 5.09. The molecular formula is C24H15FN4O. The van der Waals surface area contributed by atoms with Gasteiger partial charge in [-0.1, -0.05) is 11.8 Å². The summed E-state index contributed by atoms with van der Waals surface area (Å²) in [5, 5.41) is 0.799. The molecule has 0 aliphatic heterocycles. The molecule has 3 heterocycles. The summed E-state index contributed by atoms with van der Waals surface area (Å²) >= 11 is 0. The molecule has 5 aromatic rings. The van der Waals surface area contributed by atoms with Gasteiger partial charge in [0.25, 0.3) is 0 Å². The Morgan fingerprint density at radius 3 is 2.53 bits per heavy atom. The van der Waals surface area contributed by atoms with E-state index in [1.165, 1.54) is 12.1 Å². The van der Waals surface area contributed by atoms with Crippen molar-refractivity contribution in [2.75, 3.05) is 0 Å². The number of aryl methyl sites for hydroxylation is 1. The van der Waals surface area contributed by atoms with Gasteiger partial charge in [0.15, 0.2) is 0 Å². The molecule has 0 N–H and O–H groups in total. The van der Waals surface area contributed by atoms with Crippen molar-refractivity contribution in [3.8, 4) is 17.5 Å². The monoisotopic (exact) mass is 394 g/mol. The number of fused-ring (bicyclic) bond motifs is 3. The van der Waals surface area contributed by atoms with Crippen LogP contribution in [0.25, 0.3) is 27.6 Å². The molecule has 5 nitrogen and oxygen atoms in total. The largest absolute Gasteiger partial charge is 0.333 e. The summed E-state index contributed by atoms with van der Waals surface area (Å²) in [4.78, 5) is 21.6. The number of pyridine rings is 2. The zero-order valence-corrected chi connectivity index (χ0v) is 16.0. The Balaban J connectivity index is 1.78. The first kappa shape index (κ1) is 17.8. The summed E-state index contributed by atoms with van der Waals surface area (Å²) < 4.78 is 16.6. The van der Waals surface area contributed by atoms with Crippen molar-refractivity contribution < 1.29 is 4.39 Å². The molecule has 0 aliphatic carbocycles. The summed E-state index contributed by atoms with van der Waals surface area (Å²) in [6, 6.07) is 15.3. The number of imidazole rings is 1. The van der Waals surface area contributed by atoms with Gasteiger partial charge in [-0.2, -0.15) is 0 Å². The average Bonchev–Trinajstić information content (AvgIpc) is 3.04. The van der Waals surface area contributed by atoms with E-state index in [-0.39, 0.29) is 11.5 Å². The van der Waals surface area contributed by atoms with Crippen molar-refractivity contribution in [3.05, 3.63) is 101 Å². The molecule has 2 aromatic carbocycles. The van der Waals surface area contributed by atoms with Crippen LogP contribution >= 0.6 is 0 Å². The lowest BCUT2D eigenvalue weighted by molar-refractivity contribution is 0.627. The lowest BCUT2D eigenvalue weighted by Crippen LogP contribution is -2.20. The number of aromatic nitrogens is 4. The Hall–Kier alpha value is -4.24. The van der Waals surface area contributed by atoms with E-state index in [4.69, 9.17) is 0 Å². The van der Waals surface area contributed by atoms with E-state index in [9.17, 15) is 9.18 Å². The normalized spacial score (nSPS) is 10.9. The standard InChI is InChI=1S/C24H15FN4O/c1-28-22-15-27-21-11-6-16(4-5-17-3-2-12-26-14-17)13-20(21)23(22)29(24(28)30)19-9-7-18(25)8-10-19/h2-3,6-15H,1H3. The van der Waals surface area contributed by atoms with Gasteiger partial charge < -0.3 is 0 Å². The topological polar surface area (TPSA) is 52.7 Å². The second-order valence-corrected chi connectivity index (χ2v) is 6.87. The predicted octanol–water partition coefficient (Wildman–Crippen LogP) is 3.81. The smallest absolute Gasteiger partial charge is 0.293 e. The van der Waals surface area contributed by atoms with E-state index in [2.05, 4.69) is 21.8 Å². The number of halogens is 1. The van der Waals surface area contributed by atoms with Crippen molar-refractivity contribution in [2.24, 2.45) is 7.05 Å². The van der Waals surface area contributed by atoms with Gasteiger partial charge in [0.1, 0.15) is 5.82 Å². The summed E-state index contributed by atoms with van der Waals surface area (Å²) in [5.74, 6) is 5.88. The SMILES string of the molecule is Cn1c(=O)n(-c2ccc(F)cc2)c2c3cc(C#Cc4cccnc4)ccc3ncc21. The molecule has 0 saturated heterocycles. The highest BCUT2D eigenvalue weighted by Crippen LogP contribution is 2.26. The van der Waals surface area contributed by atoms with Crippen LogP contribution in [-0.4, -0.2) is 19.1 Å². The molecule has 0 bridgehead atoms. The molecule has 0 unspecified atom stereocenters. The van der Waals surface area contributed by atoms with Gasteiger partial charge >= 0.3 is 5.69 Å². The Morgan fingerprint density at radius 2 is 1.77 bits per heavy atom. The maximum atomic E-state index is 13.4. The highest BCUT2D eigenvalue weighted by atomic mass is 19.1. The molecule has 0 atom stereocenters. The fraction of sp³-hybridized carbons (Fsp3) is 0.0417. The van der Waals surface area contributed by atoms with Crippen molar-refractivity contribution in [1.29, 1.82) is 0 Å². The lowest BCUT2D eigenvalue weighted by Gasteiger charge is -2.06. The number of benzene rings is 2. The van der Waals surface area contributed by atoms with E-state index >= 15 is 0 Å². The minimum atomic E-state index is -0.355. The minimum Gasteiger partial charge on any atom is -0.293 e. The van der Waals surface area contributed by atoms with Crippen LogP contribution in [-0.2, 0) is 7.05 Å². The Labute approximate surface area is 171 Å². The molecule has 5 rings (SSSR count). The number of nitrogens with zero attached hydrogens (tertiary/aromatic N) is 4. The first-order valence-electron chi connectivity index (χ1n) is 9.30. The third kappa shape index (κ3) is 2.93. The minimum absolute atomic E-state index is 0.224. The van der Waals surface area contributed by atoms with Crippen LogP contribution in [0.3, 0.4) is 0 Å². The van der Waals surface area contributed by atoms with Gasteiger partial charge in [-0.3, -0.25) is 19.1 Å². The van der Waals surface area contributed by atoms with Crippen LogP contribution < -0.4 is 5.69 Å². The molecule has 3 aromatic heterocycles. The fourth-order valence-corrected chi connectivity index (χ4v) is 3.49. The lowest BCUT2D eigenvalue weighted by atomic mass is 10.1. The van der Waals surface area contributed by atoms with Crippen molar-refractivity contribution in [2.45, 2.75) is 0 Å². The maximum absolute atomic E-state index is 13.4. The molecule has 6 heteroatoms.